The molecule has 4 aromatic rings. The summed E-state index contributed by atoms with van der Waals surface area (Å²) in [5.41, 5.74) is 3.09. The number of benzene rings is 1. The summed E-state index contributed by atoms with van der Waals surface area (Å²) < 4.78 is 3.16. The van der Waals surface area contributed by atoms with Crippen LogP contribution in [0.4, 0.5) is 5.82 Å². The molecule has 3 heterocycles. The average molecular weight is 402 g/mol. The van der Waals surface area contributed by atoms with Crippen LogP contribution in [0.1, 0.15) is 23.5 Å². The lowest BCUT2D eigenvalue weighted by atomic mass is 10.2. The van der Waals surface area contributed by atoms with E-state index in [9.17, 15) is 9.59 Å². The van der Waals surface area contributed by atoms with Crippen LogP contribution >= 0.6 is 0 Å². The second-order valence-electron chi connectivity index (χ2n) is 7.21. The molecule has 0 saturated heterocycles. The zero-order chi connectivity index (χ0) is 21.3. The molecule has 1 N–H and O–H groups in total. The van der Waals surface area contributed by atoms with Crippen molar-refractivity contribution < 1.29 is 4.79 Å². The molecule has 1 amide bonds. The lowest BCUT2D eigenvalue weighted by molar-refractivity contribution is -0.116. The molecule has 0 aliphatic heterocycles. The van der Waals surface area contributed by atoms with Crippen LogP contribution in [0.15, 0.2) is 53.5 Å². The smallest absolute Gasteiger partial charge is 0.264 e. The van der Waals surface area contributed by atoms with E-state index >= 15 is 0 Å². The molecular weight excluding hydrogens is 380 g/mol. The number of rotatable bonds is 5. The summed E-state index contributed by atoms with van der Waals surface area (Å²) in [5, 5.41) is 7.53. The van der Waals surface area contributed by atoms with Crippen molar-refractivity contribution in [2.45, 2.75) is 33.7 Å². The maximum absolute atomic E-state index is 13.0. The van der Waals surface area contributed by atoms with Crippen molar-refractivity contribution in [1.29, 1.82) is 0 Å². The van der Waals surface area contributed by atoms with Crippen molar-refractivity contribution in [3.05, 3.63) is 76.1 Å². The van der Waals surface area contributed by atoms with Crippen LogP contribution in [0.25, 0.3) is 16.7 Å². The van der Waals surface area contributed by atoms with Crippen molar-refractivity contribution >= 4 is 22.8 Å². The largest absolute Gasteiger partial charge is 0.311 e. The van der Waals surface area contributed by atoms with Gasteiger partial charge >= 0.3 is 0 Å². The van der Waals surface area contributed by atoms with Gasteiger partial charge in [-0.1, -0.05) is 23.8 Å². The Morgan fingerprint density at radius 1 is 1.03 bits per heavy atom. The number of pyridine rings is 1. The molecule has 0 unspecified atom stereocenters. The Hall–Kier alpha value is -3.81. The van der Waals surface area contributed by atoms with Crippen LogP contribution in [0.2, 0.25) is 0 Å². The Balaban J connectivity index is 1.57. The molecule has 152 valence electrons. The minimum Gasteiger partial charge on any atom is -0.311 e. The van der Waals surface area contributed by atoms with Crippen molar-refractivity contribution in [2.75, 3.05) is 5.32 Å². The zero-order valence-corrected chi connectivity index (χ0v) is 17.1. The number of carbonyl (C=O) groups excluding carboxylic acids is 1. The maximum atomic E-state index is 13.0. The van der Waals surface area contributed by atoms with Crippen LogP contribution in [0, 0.1) is 20.8 Å². The third-order valence-corrected chi connectivity index (χ3v) is 4.87. The van der Waals surface area contributed by atoms with Crippen molar-refractivity contribution in [1.82, 2.24) is 24.3 Å². The fourth-order valence-corrected chi connectivity index (χ4v) is 3.28. The molecule has 0 spiro atoms. The predicted molar refractivity (Wildman–Crippen MR) is 115 cm³/mol. The molecule has 0 bridgehead atoms. The number of aromatic nitrogens is 5. The van der Waals surface area contributed by atoms with Crippen molar-refractivity contribution in [2.24, 2.45) is 0 Å². The number of fused-ring (bicyclic) bond motifs is 1. The molecular formula is C22H22N6O2. The van der Waals surface area contributed by atoms with Crippen LogP contribution in [-0.4, -0.2) is 30.2 Å². The van der Waals surface area contributed by atoms with E-state index < -0.39 is 0 Å². The number of anilines is 1. The van der Waals surface area contributed by atoms with Crippen LogP contribution in [-0.2, 0) is 11.3 Å². The number of nitrogens with one attached hydrogen (secondary N) is 1. The highest BCUT2D eigenvalue weighted by Crippen LogP contribution is 2.15. The Bertz CT molecular complexity index is 1290. The van der Waals surface area contributed by atoms with Gasteiger partial charge < -0.3 is 5.32 Å². The number of carbonyl (C=O) groups is 1. The van der Waals surface area contributed by atoms with Crippen LogP contribution in [0.5, 0.6) is 0 Å². The quantitative estimate of drug-likeness (QED) is 0.554. The van der Waals surface area contributed by atoms with Gasteiger partial charge in [0.15, 0.2) is 5.65 Å². The first-order valence-corrected chi connectivity index (χ1v) is 9.68. The molecule has 0 atom stereocenters. The van der Waals surface area contributed by atoms with Crippen molar-refractivity contribution in [3.63, 3.8) is 0 Å². The summed E-state index contributed by atoms with van der Waals surface area (Å²) in [7, 11) is 0. The van der Waals surface area contributed by atoms with Gasteiger partial charge in [-0.15, -0.1) is 0 Å². The first kappa shape index (κ1) is 19.5. The Morgan fingerprint density at radius 3 is 2.53 bits per heavy atom. The van der Waals surface area contributed by atoms with Gasteiger partial charge in [0.25, 0.3) is 5.56 Å². The van der Waals surface area contributed by atoms with Gasteiger partial charge in [0.1, 0.15) is 17.0 Å². The highest BCUT2D eigenvalue weighted by molar-refractivity contribution is 5.89. The van der Waals surface area contributed by atoms with E-state index in [1.165, 1.54) is 10.8 Å². The van der Waals surface area contributed by atoms with E-state index in [-0.39, 0.29) is 24.4 Å². The van der Waals surface area contributed by atoms with Gasteiger partial charge in [-0.25, -0.2) is 14.6 Å². The minimum absolute atomic E-state index is 0.135. The standard InChI is InChI=1S/C22H22N6O2/c1-14-7-9-17(10-8-14)28-21-18(13-23-28)22(30)27(16(3)25-21)12-11-20(29)26-19-6-4-5-15(2)24-19/h4-10,13H,11-12H2,1-3H3,(H,24,26,29). The SMILES string of the molecule is Cc1ccc(-n2ncc3c(=O)n(CCC(=O)Nc4cccc(C)n4)c(C)nc32)cc1. The number of nitrogens with zero attached hydrogens (tertiary/aromatic N) is 5. The summed E-state index contributed by atoms with van der Waals surface area (Å²) in [4.78, 5) is 34.1. The van der Waals surface area contributed by atoms with Crippen LogP contribution < -0.4 is 10.9 Å². The fraction of sp³-hybridized carbons (Fsp3) is 0.227. The molecule has 3 aromatic heterocycles. The lowest BCUT2D eigenvalue weighted by Gasteiger charge is -2.10. The Kier molecular flexibility index (Phi) is 5.14. The molecule has 0 fully saturated rings. The Morgan fingerprint density at radius 2 is 1.80 bits per heavy atom. The van der Waals surface area contributed by atoms with Gasteiger partial charge in [0, 0.05) is 18.7 Å². The average Bonchev–Trinajstić information content (AvgIpc) is 3.12. The highest BCUT2D eigenvalue weighted by Gasteiger charge is 2.15. The van der Waals surface area contributed by atoms with Crippen molar-refractivity contribution in [3.8, 4) is 5.69 Å². The highest BCUT2D eigenvalue weighted by atomic mass is 16.2. The van der Waals surface area contributed by atoms with Gasteiger partial charge in [-0.3, -0.25) is 14.2 Å². The fourth-order valence-electron chi connectivity index (χ4n) is 3.28. The summed E-state index contributed by atoms with van der Waals surface area (Å²) in [5.74, 6) is 0.815. The summed E-state index contributed by atoms with van der Waals surface area (Å²) in [6, 6.07) is 13.3. The van der Waals surface area contributed by atoms with Gasteiger partial charge in [-0.2, -0.15) is 5.10 Å². The first-order valence-electron chi connectivity index (χ1n) is 9.68. The second kappa shape index (κ2) is 7.90. The lowest BCUT2D eigenvalue weighted by Crippen LogP contribution is -2.26. The molecule has 8 heteroatoms. The number of amides is 1. The number of aryl methyl sites for hydroxylation is 3. The molecule has 8 nitrogen and oxygen atoms in total. The zero-order valence-electron chi connectivity index (χ0n) is 17.1. The first-order chi connectivity index (χ1) is 14.4. The maximum Gasteiger partial charge on any atom is 0.264 e. The number of hydrogen-bond donors (Lipinski definition) is 1. The molecule has 0 radical (unpaired) electrons. The van der Waals surface area contributed by atoms with Crippen LogP contribution in [0.3, 0.4) is 0 Å². The van der Waals surface area contributed by atoms with Gasteiger partial charge in [-0.05, 0) is 45.0 Å². The van der Waals surface area contributed by atoms with Gasteiger partial charge in [0.05, 0.1) is 11.9 Å². The van der Waals surface area contributed by atoms with E-state index in [2.05, 4.69) is 20.4 Å². The van der Waals surface area contributed by atoms with E-state index in [0.29, 0.717) is 22.7 Å². The molecule has 1 aromatic carbocycles. The number of hydrogen-bond acceptors (Lipinski definition) is 5. The third kappa shape index (κ3) is 3.84. The molecule has 4 rings (SSSR count). The monoisotopic (exact) mass is 402 g/mol. The summed E-state index contributed by atoms with van der Waals surface area (Å²) in [6.45, 7) is 5.85. The molecule has 0 aliphatic rings. The third-order valence-electron chi connectivity index (χ3n) is 4.87. The molecule has 30 heavy (non-hydrogen) atoms. The molecule has 0 aliphatic carbocycles. The van der Waals surface area contributed by atoms with Gasteiger partial charge in [0.2, 0.25) is 5.91 Å². The second-order valence-corrected chi connectivity index (χ2v) is 7.21. The normalized spacial score (nSPS) is 11.0. The van der Waals surface area contributed by atoms with E-state index in [1.54, 1.807) is 17.7 Å². The minimum atomic E-state index is -0.213. The molecule has 0 saturated carbocycles. The summed E-state index contributed by atoms with van der Waals surface area (Å²) in [6.07, 6.45) is 1.66. The predicted octanol–water partition coefficient (Wildman–Crippen LogP) is 2.93. The van der Waals surface area contributed by atoms with E-state index in [4.69, 9.17) is 0 Å². The Labute approximate surface area is 173 Å². The summed E-state index contributed by atoms with van der Waals surface area (Å²) >= 11 is 0. The van der Waals surface area contributed by atoms with E-state index in [1.807, 2.05) is 50.2 Å². The topological polar surface area (TPSA) is 94.7 Å². The van der Waals surface area contributed by atoms with E-state index in [0.717, 1.165) is 16.9 Å².